The first kappa shape index (κ1) is 12.2. The van der Waals surface area contributed by atoms with Gasteiger partial charge in [0.1, 0.15) is 0 Å². The van der Waals surface area contributed by atoms with Gasteiger partial charge in [-0.25, -0.2) is 0 Å². The Hall–Kier alpha value is -0.870. The van der Waals surface area contributed by atoms with Gasteiger partial charge in [-0.2, -0.15) is 5.10 Å². The molecule has 0 fully saturated rings. The van der Waals surface area contributed by atoms with E-state index in [0.29, 0.717) is 13.0 Å². The number of rotatable bonds is 3. The lowest BCUT2D eigenvalue weighted by Crippen LogP contribution is -2.12. The number of nitrogens with two attached hydrogens (primary N) is 1. The molecule has 0 aromatic carbocycles. The predicted octanol–water partition coefficient (Wildman–Crippen LogP) is 1.10. The van der Waals surface area contributed by atoms with Crippen molar-refractivity contribution in [2.75, 3.05) is 6.54 Å². The minimum absolute atomic E-state index is 0.0123. The third-order valence-corrected chi connectivity index (χ3v) is 2.47. The lowest BCUT2D eigenvalue weighted by molar-refractivity contribution is 0.160. The van der Waals surface area contributed by atoms with Gasteiger partial charge in [0.25, 0.3) is 0 Å². The van der Waals surface area contributed by atoms with Gasteiger partial charge in [0, 0.05) is 12.5 Å². The van der Waals surface area contributed by atoms with Crippen molar-refractivity contribution in [1.29, 1.82) is 0 Å². The molecule has 0 spiro atoms. The largest absolute Gasteiger partial charge is 0.387 e. The van der Waals surface area contributed by atoms with Crippen LogP contribution in [0.25, 0.3) is 0 Å². The Morgan fingerprint density at radius 3 is 2.53 bits per heavy atom. The van der Waals surface area contributed by atoms with Crippen molar-refractivity contribution in [3.63, 3.8) is 0 Å². The van der Waals surface area contributed by atoms with E-state index in [9.17, 15) is 5.11 Å². The Balaban J connectivity index is 2.96. The van der Waals surface area contributed by atoms with Crippen molar-refractivity contribution in [2.24, 2.45) is 12.8 Å². The van der Waals surface area contributed by atoms with Crippen molar-refractivity contribution in [3.05, 3.63) is 17.5 Å². The van der Waals surface area contributed by atoms with Crippen LogP contribution >= 0.6 is 0 Å². The maximum Gasteiger partial charge on any atom is 0.0968 e. The van der Waals surface area contributed by atoms with Crippen LogP contribution in [0.3, 0.4) is 0 Å². The highest BCUT2D eigenvalue weighted by Gasteiger charge is 2.21. The summed E-state index contributed by atoms with van der Waals surface area (Å²) in [6, 6.07) is 1.96. The molecule has 3 N–H and O–H groups in total. The summed E-state index contributed by atoms with van der Waals surface area (Å²) in [5.41, 5.74) is 7.27. The summed E-state index contributed by atoms with van der Waals surface area (Å²) >= 11 is 0. The van der Waals surface area contributed by atoms with Crippen LogP contribution in [0.5, 0.6) is 0 Å². The number of aryl methyl sites for hydroxylation is 1. The Labute approximate surface area is 91.1 Å². The summed E-state index contributed by atoms with van der Waals surface area (Å²) in [5.74, 6) is 0. The minimum Gasteiger partial charge on any atom is -0.387 e. The van der Waals surface area contributed by atoms with Gasteiger partial charge in [0.2, 0.25) is 0 Å². The summed E-state index contributed by atoms with van der Waals surface area (Å²) in [4.78, 5) is 0. The van der Waals surface area contributed by atoms with Crippen LogP contribution in [0.1, 0.15) is 44.7 Å². The minimum atomic E-state index is -0.511. The van der Waals surface area contributed by atoms with Crippen molar-refractivity contribution in [3.8, 4) is 0 Å². The van der Waals surface area contributed by atoms with Crippen LogP contribution in [0, 0.1) is 0 Å². The first-order valence-corrected chi connectivity index (χ1v) is 5.29. The summed E-state index contributed by atoms with van der Waals surface area (Å²) in [7, 11) is 1.85. The molecule has 0 bridgehead atoms. The first-order valence-electron chi connectivity index (χ1n) is 5.29. The molecule has 0 aliphatic rings. The van der Waals surface area contributed by atoms with Crippen LogP contribution in [-0.4, -0.2) is 21.4 Å². The summed E-state index contributed by atoms with van der Waals surface area (Å²) in [6.45, 7) is 6.80. The highest BCUT2D eigenvalue weighted by atomic mass is 16.3. The standard InChI is InChI=1S/C11H21N3O/c1-11(2,3)10-7-8(14(4)13-10)9(15)5-6-12/h7,9,15H,5-6,12H2,1-4H3/t9-/m0/s1. The molecule has 4 nitrogen and oxygen atoms in total. The number of nitrogens with zero attached hydrogens (tertiary/aromatic N) is 2. The smallest absolute Gasteiger partial charge is 0.0968 e. The zero-order valence-corrected chi connectivity index (χ0v) is 9.99. The number of aliphatic hydroxyl groups is 1. The molecule has 1 heterocycles. The maximum absolute atomic E-state index is 9.84. The molecule has 15 heavy (non-hydrogen) atoms. The molecule has 0 saturated carbocycles. The Kier molecular flexibility index (Phi) is 3.52. The van der Waals surface area contributed by atoms with E-state index in [1.165, 1.54) is 0 Å². The second-order valence-corrected chi connectivity index (χ2v) is 4.92. The fraction of sp³-hybridized carbons (Fsp3) is 0.727. The van der Waals surface area contributed by atoms with E-state index < -0.39 is 6.10 Å². The molecule has 0 amide bonds. The van der Waals surface area contributed by atoms with E-state index in [1.54, 1.807) is 4.68 Å². The van der Waals surface area contributed by atoms with Gasteiger partial charge < -0.3 is 10.8 Å². The van der Waals surface area contributed by atoms with Gasteiger partial charge >= 0.3 is 0 Å². The van der Waals surface area contributed by atoms with Gasteiger partial charge in [-0.1, -0.05) is 20.8 Å². The van der Waals surface area contributed by atoms with Gasteiger partial charge in [-0.05, 0) is 19.0 Å². The van der Waals surface area contributed by atoms with Crippen LogP contribution < -0.4 is 5.73 Å². The first-order chi connectivity index (χ1) is 6.86. The molecule has 0 radical (unpaired) electrons. The highest BCUT2D eigenvalue weighted by Crippen LogP contribution is 2.24. The normalized spacial score (nSPS) is 14.3. The van der Waals surface area contributed by atoms with Crippen LogP contribution in [-0.2, 0) is 12.5 Å². The van der Waals surface area contributed by atoms with E-state index >= 15 is 0 Å². The van der Waals surface area contributed by atoms with Crippen molar-refractivity contribution >= 4 is 0 Å². The SMILES string of the molecule is Cn1nc(C(C)(C)C)cc1[C@@H](O)CCN. The molecule has 0 saturated heterocycles. The second-order valence-electron chi connectivity index (χ2n) is 4.92. The molecule has 86 valence electrons. The van der Waals surface area contributed by atoms with E-state index in [-0.39, 0.29) is 5.41 Å². The Bertz CT molecular complexity index is 325. The lowest BCUT2D eigenvalue weighted by Gasteiger charge is -2.13. The second kappa shape index (κ2) is 4.33. The Morgan fingerprint density at radius 2 is 2.13 bits per heavy atom. The highest BCUT2D eigenvalue weighted by molar-refractivity contribution is 5.19. The van der Waals surface area contributed by atoms with E-state index in [4.69, 9.17) is 5.73 Å². The molecule has 0 unspecified atom stereocenters. The average Bonchev–Trinajstić information content (AvgIpc) is 2.47. The quantitative estimate of drug-likeness (QED) is 0.787. The number of hydrogen-bond acceptors (Lipinski definition) is 3. The lowest BCUT2D eigenvalue weighted by atomic mass is 9.92. The Morgan fingerprint density at radius 1 is 1.53 bits per heavy atom. The summed E-state index contributed by atoms with van der Waals surface area (Å²) in [6.07, 6.45) is 0.0620. The van der Waals surface area contributed by atoms with Crippen LogP contribution in [0.15, 0.2) is 6.07 Å². The number of hydrogen-bond donors (Lipinski definition) is 2. The predicted molar refractivity (Wildman–Crippen MR) is 60.5 cm³/mol. The average molecular weight is 211 g/mol. The molecular weight excluding hydrogens is 190 g/mol. The number of aromatic nitrogens is 2. The molecule has 1 aromatic rings. The van der Waals surface area contributed by atoms with Gasteiger partial charge in [0.05, 0.1) is 17.5 Å². The summed E-state index contributed by atoms with van der Waals surface area (Å²) in [5, 5.41) is 14.2. The van der Waals surface area contributed by atoms with Crippen molar-refractivity contribution in [1.82, 2.24) is 9.78 Å². The molecule has 1 atom stereocenters. The zero-order valence-electron chi connectivity index (χ0n) is 9.99. The monoisotopic (exact) mass is 211 g/mol. The third-order valence-electron chi connectivity index (χ3n) is 2.47. The molecule has 4 heteroatoms. The van der Waals surface area contributed by atoms with Crippen molar-refractivity contribution < 1.29 is 5.11 Å². The molecular formula is C11H21N3O. The topological polar surface area (TPSA) is 64.1 Å². The van der Waals surface area contributed by atoms with Crippen molar-refractivity contribution in [2.45, 2.75) is 38.7 Å². The molecule has 0 aliphatic heterocycles. The zero-order chi connectivity index (χ0) is 11.6. The fourth-order valence-corrected chi connectivity index (χ4v) is 1.47. The molecule has 0 aliphatic carbocycles. The van der Waals surface area contributed by atoms with Gasteiger partial charge in [0.15, 0.2) is 0 Å². The van der Waals surface area contributed by atoms with Gasteiger partial charge in [-0.15, -0.1) is 0 Å². The molecule has 1 rings (SSSR count). The van der Waals surface area contributed by atoms with Crippen LogP contribution in [0.4, 0.5) is 0 Å². The van der Waals surface area contributed by atoms with Crippen LogP contribution in [0.2, 0.25) is 0 Å². The maximum atomic E-state index is 9.84. The van der Waals surface area contributed by atoms with E-state index in [1.807, 2.05) is 13.1 Å². The fourth-order valence-electron chi connectivity index (χ4n) is 1.47. The third kappa shape index (κ3) is 2.79. The number of aliphatic hydroxyl groups excluding tert-OH is 1. The van der Waals surface area contributed by atoms with Gasteiger partial charge in [-0.3, -0.25) is 4.68 Å². The van der Waals surface area contributed by atoms with E-state index in [0.717, 1.165) is 11.4 Å². The molecule has 1 aromatic heterocycles. The van der Waals surface area contributed by atoms with E-state index in [2.05, 4.69) is 25.9 Å². The summed E-state index contributed by atoms with van der Waals surface area (Å²) < 4.78 is 1.74.